The third-order valence-corrected chi connectivity index (χ3v) is 2.26. The molecular weight excluding hydrogens is 254 g/mol. The third-order valence-electron chi connectivity index (χ3n) is 2.26. The molecule has 0 atom stereocenters. The molecule has 1 rings (SSSR count). The second-order valence-corrected chi connectivity index (χ2v) is 3.77. The van der Waals surface area contributed by atoms with Gasteiger partial charge < -0.3 is 14.3 Å². The van der Waals surface area contributed by atoms with Crippen LogP contribution in [0.2, 0.25) is 0 Å². The van der Waals surface area contributed by atoms with Crippen molar-refractivity contribution in [2.75, 3.05) is 26.4 Å². The van der Waals surface area contributed by atoms with E-state index in [1.807, 2.05) is 0 Å². The van der Waals surface area contributed by atoms with Crippen molar-refractivity contribution in [2.45, 2.75) is 19.3 Å². The van der Waals surface area contributed by atoms with E-state index in [9.17, 15) is 14.4 Å². The Bertz CT molecular complexity index is 338. The number of hydrogen-bond acceptors (Lipinski definition) is 6. The van der Waals surface area contributed by atoms with Crippen molar-refractivity contribution in [1.29, 1.82) is 0 Å². The largest absolute Gasteiger partial charge is 0.378 e. The number of imide groups is 1. The maximum absolute atomic E-state index is 11.3. The fourth-order valence-electron chi connectivity index (χ4n) is 1.35. The van der Waals surface area contributed by atoms with Crippen LogP contribution in [0.25, 0.3) is 0 Å². The molecule has 0 bridgehead atoms. The highest BCUT2D eigenvalue weighted by atomic mass is 16.7. The average molecular weight is 271 g/mol. The van der Waals surface area contributed by atoms with Crippen LogP contribution in [-0.4, -0.2) is 49.3 Å². The zero-order valence-electron chi connectivity index (χ0n) is 10.6. The van der Waals surface area contributed by atoms with Crippen molar-refractivity contribution < 1.29 is 28.7 Å². The lowest BCUT2D eigenvalue weighted by Crippen LogP contribution is -2.32. The molecule has 0 unspecified atom stereocenters. The van der Waals surface area contributed by atoms with Gasteiger partial charge in [0.25, 0.3) is 11.8 Å². The molecule has 1 fully saturated rings. The quantitative estimate of drug-likeness (QED) is 0.338. The molecule has 106 valence electrons. The summed E-state index contributed by atoms with van der Waals surface area (Å²) < 4.78 is 10.2. The molecule has 0 aromatic carbocycles. The summed E-state index contributed by atoms with van der Waals surface area (Å²) in [7, 11) is 0. The standard InChI is InChI=1S/C12H17NO6/c1-2-6-17-8-9-18-7-5-12(16)19-13-10(14)3-4-11(13)15/h2H,1,3-9H2. The summed E-state index contributed by atoms with van der Waals surface area (Å²) in [4.78, 5) is 38.3. The molecule has 19 heavy (non-hydrogen) atoms. The predicted octanol–water partition coefficient (Wildman–Crippen LogP) is 0.203. The van der Waals surface area contributed by atoms with Gasteiger partial charge in [0, 0.05) is 12.8 Å². The summed E-state index contributed by atoms with van der Waals surface area (Å²) in [6.45, 7) is 4.84. The molecule has 0 saturated carbocycles. The van der Waals surface area contributed by atoms with Gasteiger partial charge in [0.1, 0.15) is 0 Å². The van der Waals surface area contributed by atoms with Gasteiger partial charge in [-0.25, -0.2) is 4.79 Å². The van der Waals surface area contributed by atoms with E-state index in [0.717, 1.165) is 0 Å². The summed E-state index contributed by atoms with van der Waals surface area (Å²) in [5.74, 6) is -1.65. The van der Waals surface area contributed by atoms with E-state index in [-0.39, 0.29) is 25.9 Å². The molecule has 0 spiro atoms. The predicted molar refractivity (Wildman–Crippen MR) is 63.6 cm³/mol. The Labute approximate surface area is 111 Å². The Balaban J connectivity index is 2.06. The summed E-state index contributed by atoms with van der Waals surface area (Å²) >= 11 is 0. The number of hydroxylamine groups is 2. The van der Waals surface area contributed by atoms with E-state index in [1.165, 1.54) is 0 Å². The molecule has 2 amide bonds. The lowest BCUT2D eigenvalue weighted by atomic mass is 10.4. The highest BCUT2D eigenvalue weighted by Gasteiger charge is 2.32. The van der Waals surface area contributed by atoms with Crippen molar-refractivity contribution in [3.63, 3.8) is 0 Å². The Hall–Kier alpha value is -1.73. The first-order valence-corrected chi connectivity index (χ1v) is 5.98. The topological polar surface area (TPSA) is 82.1 Å². The van der Waals surface area contributed by atoms with Crippen molar-refractivity contribution in [1.82, 2.24) is 5.06 Å². The van der Waals surface area contributed by atoms with Gasteiger partial charge in [-0.05, 0) is 0 Å². The average Bonchev–Trinajstić information content (AvgIpc) is 2.69. The molecule has 1 heterocycles. The first-order chi connectivity index (χ1) is 9.15. The molecule has 7 nitrogen and oxygen atoms in total. The molecule has 1 aliphatic heterocycles. The number of hydrogen-bond donors (Lipinski definition) is 0. The summed E-state index contributed by atoms with van der Waals surface area (Å²) in [6, 6.07) is 0. The van der Waals surface area contributed by atoms with E-state index in [4.69, 9.17) is 9.47 Å². The zero-order chi connectivity index (χ0) is 14.1. The zero-order valence-corrected chi connectivity index (χ0v) is 10.6. The van der Waals surface area contributed by atoms with Crippen LogP contribution >= 0.6 is 0 Å². The van der Waals surface area contributed by atoms with Gasteiger partial charge in [0.15, 0.2) is 0 Å². The molecule has 7 heteroatoms. The maximum Gasteiger partial charge on any atom is 0.335 e. The van der Waals surface area contributed by atoms with Crippen LogP contribution in [0.5, 0.6) is 0 Å². The fraction of sp³-hybridized carbons (Fsp3) is 0.583. The molecule has 0 N–H and O–H groups in total. The molecular formula is C12H17NO6. The molecule has 0 radical (unpaired) electrons. The Morgan fingerprint density at radius 2 is 1.79 bits per heavy atom. The van der Waals surface area contributed by atoms with Crippen LogP contribution in [0, 0.1) is 0 Å². The van der Waals surface area contributed by atoms with Gasteiger partial charge >= 0.3 is 5.97 Å². The first kappa shape index (κ1) is 15.3. The summed E-state index contributed by atoms with van der Waals surface area (Å²) in [5, 5.41) is 0.523. The second-order valence-electron chi connectivity index (χ2n) is 3.77. The minimum absolute atomic E-state index is 0.0292. The van der Waals surface area contributed by atoms with E-state index < -0.39 is 17.8 Å². The monoisotopic (exact) mass is 271 g/mol. The minimum Gasteiger partial charge on any atom is -0.378 e. The summed E-state index contributed by atoms with van der Waals surface area (Å²) in [6.07, 6.45) is 1.77. The van der Waals surface area contributed by atoms with Crippen LogP contribution < -0.4 is 0 Å². The van der Waals surface area contributed by atoms with Gasteiger partial charge in [-0.1, -0.05) is 6.08 Å². The van der Waals surface area contributed by atoms with E-state index in [1.54, 1.807) is 6.08 Å². The molecule has 0 aliphatic carbocycles. The number of ether oxygens (including phenoxy) is 2. The number of rotatable bonds is 9. The second kappa shape index (κ2) is 8.39. The summed E-state index contributed by atoms with van der Waals surface area (Å²) in [5.41, 5.74) is 0. The third kappa shape index (κ3) is 5.62. The van der Waals surface area contributed by atoms with Gasteiger partial charge in [-0.2, -0.15) is 0 Å². The first-order valence-electron chi connectivity index (χ1n) is 5.98. The Morgan fingerprint density at radius 3 is 2.42 bits per heavy atom. The van der Waals surface area contributed by atoms with Crippen LogP contribution in [0.15, 0.2) is 12.7 Å². The number of nitrogens with zero attached hydrogens (tertiary/aromatic N) is 1. The van der Waals surface area contributed by atoms with E-state index in [2.05, 4.69) is 11.4 Å². The molecule has 0 aromatic heterocycles. The maximum atomic E-state index is 11.3. The fourth-order valence-corrected chi connectivity index (χ4v) is 1.35. The van der Waals surface area contributed by atoms with Crippen LogP contribution in [0.3, 0.4) is 0 Å². The molecule has 1 aliphatic rings. The highest BCUT2D eigenvalue weighted by Crippen LogP contribution is 2.12. The van der Waals surface area contributed by atoms with Gasteiger partial charge in [0.2, 0.25) is 0 Å². The van der Waals surface area contributed by atoms with Crippen molar-refractivity contribution in [2.24, 2.45) is 0 Å². The number of carbonyl (C=O) groups is 3. The smallest absolute Gasteiger partial charge is 0.335 e. The minimum atomic E-state index is -0.671. The van der Waals surface area contributed by atoms with Crippen LogP contribution in [0.1, 0.15) is 19.3 Å². The van der Waals surface area contributed by atoms with Gasteiger partial charge in [-0.15, -0.1) is 11.6 Å². The van der Waals surface area contributed by atoms with E-state index in [0.29, 0.717) is 24.9 Å². The van der Waals surface area contributed by atoms with E-state index >= 15 is 0 Å². The SMILES string of the molecule is C=CCOCCOCCC(=O)ON1C(=O)CCC1=O. The highest BCUT2D eigenvalue weighted by molar-refractivity contribution is 6.01. The normalized spacial score (nSPS) is 14.8. The lowest BCUT2D eigenvalue weighted by molar-refractivity contribution is -0.198. The van der Waals surface area contributed by atoms with Crippen molar-refractivity contribution in [3.05, 3.63) is 12.7 Å². The van der Waals surface area contributed by atoms with Crippen molar-refractivity contribution in [3.8, 4) is 0 Å². The van der Waals surface area contributed by atoms with Crippen molar-refractivity contribution >= 4 is 17.8 Å². The van der Waals surface area contributed by atoms with Crippen LogP contribution in [-0.2, 0) is 28.7 Å². The van der Waals surface area contributed by atoms with Gasteiger partial charge in [-0.3, -0.25) is 9.59 Å². The van der Waals surface area contributed by atoms with Crippen LogP contribution in [0.4, 0.5) is 0 Å². The number of amides is 2. The molecule has 1 saturated heterocycles. The lowest BCUT2D eigenvalue weighted by Gasteiger charge is -2.12. The van der Waals surface area contributed by atoms with Gasteiger partial charge in [0.05, 0.1) is 32.8 Å². The molecule has 0 aromatic rings. The number of carbonyl (C=O) groups excluding carboxylic acids is 3. The Kier molecular flexibility index (Phi) is 6.76. The Morgan fingerprint density at radius 1 is 1.16 bits per heavy atom.